The quantitative estimate of drug-likeness (QED) is 0.508. The molecule has 3 aromatic heterocycles. The number of rotatable bonds is 6. The number of nitrogens with zero attached hydrogens (tertiary/aromatic N) is 4. The number of hydrogen-bond donors (Lipinski definition) is 2. The summed E-state index contributed by atoms with van der Waals surface area (Å²) in [4.78, 5) is 24.1. The van der Waals surface area contributed by atoms with E-state index >= 15 is 0 Å². The molecule has 1 unspecified atom stereocenters. The van der Waals surface area contributed by atoms with Crippen LogP contribution in [-0.2, 0) is 11.3 Å². The van der Waals surface area contributed by atoms with Crippen molar-refractivity contribution in [3.05, 3.63) is 70.8 Å². The van der Waals surface area contributed by atoms with E-state index in [0.29, 0.717) is 42.6 Å². The topological polar surface area (TPSA) is 107 Å². The third-order valence-electron chi connectivity index (χ3n) is 4.87. The van der Waals surface area contributed by atoms with Gasteiger partial charge in [0.1, 0.15) is 11.5 Å². The van der Waals surface area contributed by atoms with Crippen molar-refractivity contribution in [3.8, 4) is 11.6 Å². The van der Waals surface area contributed by atoms with Gasteiger partial charge in [-0.3, -0.25) is 9.78 Å². The molecule has 1 aliphatic heterocycles. The Kier molecular flexibility index (Phi) is 4.86. The van der Waals surface area contributed by atoms with Crippen molar-refractivity contribution >= 4 is 17.0 Å². The van der Waals surface area contributed by atoms with Crippen molar-refractivity contribution < 1.29 is 9.47 Å². The van der Waals surface area contributed by atoms with Crippen LogP contribution in [-0.4, -0.2) is 44.1 Å². The summed E-state index contributed by atoms with van der Waals surface area (Å²) in [6, 6.07) is 13.3. The molecule has 9 heteroatoms. The van der Waals surface area contributed by atoms with E-state index in [4.69, 9.17) is 9.47 Å². The highest BCUT2D eigenvalue weighted by Gasteiger charge is 2.18. The number of benzene rings is 1. The van der Waals surface area contributed by atoms with Crippen molar-refractivity contribution in [2.24, 2.45) is 0 Å². The first-order chi connectivity index (χ1) is 14.8. The zero-order valence-corrected chi connectivity index (χ0v) is 16.1. The van der Waals surface area contributed by atoms with Gasteiger partial charge < -0.3 is 14.8 Å². The summed E-state index contributed by atoms with van der Waals surface area (Å²) in [5, 5.41) is 7.92. The average molecular weight is 404 g/mol. The van der Waals surface area contributed by atoms with Gasteiger partial charge in [0.25, 0.3) is 5.56 Å². The largest absolute Gasteiger partial charge is 0.472 e. The fourth-order valence-corrected chi connectivity index (χ4v) is 3.35. The van der Waals surface area contributed by atoms with Gasteiger partial charge in [-0.05, 0) is 23.8 Å². The molecular weight excluding hydrogens is 384 g/mol. The van der Waals surface area contributed by atoms with Crippen LogP contribution in [0.1, 0.15) is 12.0 Å². The van der Waals surface area contributed by atoms with Gasteiger partial charge in [-0.2, -0.15) is 10.1 Å². The van der Waals surface area contributed by atoms with Crippen molar-refractivity contribution in [1.29, 1.82) is 0 Å². The normalized spacial score (nSPS) is 16.1. The molecule has 1 aliphatic rings. The molecule has 0 bridgehead atoms. The second kappa shape index (κ2) is 7.96. The van der Waals surface area contributed by atoms with Crippen LogP contribution in [0, 0.1) is 0 Å². The Morgan fingerprint density at radius 3 is 3.00 bits per heavy atom. The van der Waals surface area contributed by atoms with Gasteiger partial charge in [0, 0.05) is 25.2 Å². The number of H-pyrrole nitrogens is 1. The lowest BCUT2D eigenvalue weighted by atomic mass is 10.2. The number of para-hydroxylation sites is 1. The van der Waals surface area contributed by atoms with Crippen molar-refractivity contribution in [2.75, 3.05) is 18.5 Å². The highest BCUT2D eigenvalue weighted by atomic mass is 16.5. The Balaban J connectivity index is 1.36. The number of aromatic amines is 1. The van der Waals surface area contributed by atoms with Gasteiger partial charge in [-0.15, -0.1) is 0 Å². The number of nitrogens with one attached hydrogen (secondary N) is 2. The molecule has 1 aromatic carbocycles. The van der Waals surface area contributed by atoms with E-state index < -0.39 is 0 Å². The van der Waals surface area contributed by atoms with Gasteiger partial charge >= 0.3 is 0 Å². The van der Waals surface area contributed by atoms with E-state index in [-0.39, 0.29) is 11.7 Å². The number of anilines is 1. The molecule has 0 amide bonds. The van der Waals surface area contributed by atoms with Crippen LogP contribution in [0.2, 0.25) is 0 Å². The lowest BCUT2D eigenvalue weighted by Gasteiger charge is -2.12. The fourth-order valence-electron chi connectivity index (χ4n) is 3.35. The molecule has 2 N–H and O–H groups in total. The Labute approximate surface area is 171 Å². The zero-order valence-electron chi connectivity index (χ0n) is 16.1. The van der Waals surface area contributed by atoms with E-state index in [1.54, 1.807) is 10.9 Å². The molecule has 0 aliphatic carbocycles. The minimum atomic E-state index is -0.246. The predicted octanol–water partition coefficient (Wildman–Crippen LogP) is 2.28. The van der Waals surface area contributed by atoms with Crippen LogP contribution < -0.4 is 15.6 Å². The van der Waals surface area contributed by atoms with E-state index in [9.17, 15) is 4.79 Å². The fraction of sp³-hybridized carbons (Fsp3) is 0.238. The Bertz CT molecular complexity index is 1210. The standard InChI is InChI=1S/C21H20N6O3/c28-20-17-12-24-27(15-4-2-1-3-5-15)19(17)25-21(26-20)23-11-14-6-8-22-18(10-14)30-16-7-9-29-13-16/h1-6,8,10,12,16H,7,9,11,13H2,(H2,23,25,26,28). The second-order valence-corrected chi connectivity index (χ2v) is 7.00. The summed E-state index contributed by atoms with van der Waals surface area (Å²) >= 11 is 0. The van der Waals surface area contributed by atoms with Crippen molar-refractivity contribution in [2.45, 2.75) is 19.1 Å². The van der Waals surface area contributed by atoms with Crippen LogP contribution in [0.25, 0.3) is 16.7 Å². The SMILES string of the molecule is O=c1[nH]c(NCc2ccnc(OC3CCOC3)c2)nc2c1cnn2-c1ccccc1. The number of fused-ring (bicyclic) bond motifs is 1. The first kappa shape index (κ1) is 18.3. The summed E-state index contributed by atoms with van der Waals surface area (Å²) in [5.41, 5.74) is 2.04. The monoisotopic (exact) mass is 404 g/mol. The van der Waals surface area contributed by atoms with E-state index in [0.717, 1.165) is 17.7 Å². The lowest BCUT2D eigenvalue weighted by Crippen LogP contribution is -2.17. The third kappa shape index (κ3) is 3.74. The van der Waals surface area contributed by atoms with Crippen LogP contribution in [0.15, 0.2) is 59.7 Å². The van der Waals surface area contributed by atoms with Crippen molar-refractivity contribution in [3.63, 3.8) is 0 Å². The number of ether oxygens (including phenoxy) is 2. The minimum Gasteiger partial charge on any atom is -0.472 e. The molecule has 0 saturated carbocycles. The second-order valence-electron chi connectivity index (χ2n) is 7.00. The van der Waals surface area contributed by atoms with Crippen LogP contribution in [0.3, 0.4) is 0 Å². The summed E-state index contributed by atoms with van der Waals surface area (Å²) in [7, 11) is 0. The van der Waals surface area contributed by atoms with Gasteiger partial charge in [0.15, 0.2) is 5.65 Å². The molecule has 4 heterocycles. The molecule has 30 heavy (non-hydrogen) atoms. The predicted molar refractivity (Wildman–Crippen MR) is 111 cm³/mol. The molecular formula is C21H20N6O3. The maximum absolute atomic E-state index is 12.5. The van der Waals surface area contributed by atoms with Gasteiger partial charge in [0.05, 0.1) is 25.1 Å². The number of hydrogen-bond acceptors (Lipinski definition) is 7. The molecule has 1 saturated heterocycles. The summed E-state index contributed by atoms with van der Waals surface area (Å²) in [6.07, 6.45) is 4.13. The number of pyridine rings is 1. The van der Waals surface area contributed by atoms with Gasteiger partial charge in [0.2, 0.25) is 11.8 Å². The maximum Gasteiger partial charge on any atom is 0.263 e. The molecule has 0 radical (unpaired) electrons. The first-order valence-corrected chi connectivity index (χ1v) is 9.73. The maximum atomic E-state index is 12.5. The van der Waals surface area contributed by atoms with E-state index in [1.165, 1.54) is 6.20 Å². The summed E-state index contributed by atoms with van der Waals surface area (Å²) < 4.78 is 12.8. The Morgan fingerprint density at radius 1 is 1.27 bits per heavy atom. The highest BCUT2D eigenvalue weighted by Crippen LogP contribution is 2.17. The van der Waals surface area contributed by atoms with E-state index in [2.05, 4.69) is 25.4 Å². The zero-order chi connectivity index (χ0) is 20.3. The number of aromatic nitrogens is 5. The highest BCUT2D eigenvalue weighted by molar-refractivity contribution is 5.76. The van der Waals surface area contributed by atoms with Crippen LogP contribution in [0.5, 0.6) is 5.88 Å². The Morgan fingerprint density at radius 2 is 2.17 bits per heavy atom. The lowest BCUT2D eigenvalue weighted by molar-refractivity contribution is 0.138. The summed E-state index contributed by atoms with van der Waals surface area (Å²) in [5.74, 6) is 0.928. The molecule has 0 spiro atoms. The van der Waals surface area contributed by atoms with Crippen LogP contribution >= 0.6 is 0 Å². The minimum absolute atomic E-state index is 0.0411. The summed E-state index contributed by atoms with van der Waals surface area (Å²) in [6.45, 7) is 1.76. The molecule has 4 aromatic rings. The van der Waals surface area contributed by atoms with E-state index in [1.807, 2.05) is 42.5 Å². The van der Waals surface area contributed by atoms with Gasteiger partial charge in [-0.1, -0.05) is 18.2 Å². The third-order valence-corrected chi connectivity index (χ3v) is 4.87. The average Bonchev–Trinajstić information content (AvgIpc) is 3.43. The van der Waals surface area contributed by atoms with Crippen molar-refractivity contribution in [1.82, 2.24) is 24.7 Å². The Hall–Kier alpha value is -3.72. The molecule has 1 atom stereocenters. The molecule has 5 rings (SSSR count). The molecule has 9 nitrogen and oxygen atoms in total. The molecule has 1 fully saturated rings. The van der Waals surface area contributed by atoms with Gasteiger partial charge in [-0.25, -0.2) is 9.67 Å². The molecule has 152 valence electrons. The van der Waals surface area contributed by atoms with Crippen LogP contribution in [0.4, 0.5) is 5.95 Å². The smallest absolute Gasteiger partial charge is 0.263 e. The first-order valence-electron chi connectivity index (χ1n) is 9.73.